The molecule has 3 aromatic rings. The van der Waals surface area contributed by atoms with Gasteiger partial charge in [-0.25, -0.2) is 4.99 Å². The van der Waals surface area contributed by atoms with Gasteiger partial charge >= 0.3 is 5.97 Å². The zero-order chi connectivity index (χ0) is 29.5. The van der Waals surface area contributed by atoms with Crippen molar-refractivity contribution >= 4 is 39.4 Å². The molecule has 9 heteroatoms. The fourth-order valence-corrected chi connectivity index (χ4v) is 4.97. The number of para-hydroxylation sites is 1. The van der Waals surface area contributed by atoms with Crippen molar-refractivity contribution in [2.45, 2.75) is 57.3 Å². The summed E-state index contributed by atoms with van der Waals surface area (Å²) in [6.07, 6.45) is -0.293. The standard InChI is InChI=1S/C32H35BrN2O6/c1-31(2,3)41-27(37)18-19-32(30(38)34-23-10-5-4-6-11-23)28(25-12-7-8-13-26(25)33)40-29(35-32)22-14-16-24(17-15-22)39-21-9-20-36/h4-8,10-17,28,36H,9,18-21H2,1-3H3,(H,34,38)/t28-,32-/m1/s1. The molecule has 0 radical (unpaired) electrons. The van der Waals surface area contributed by atoms with E-state index in [0.29, 0.717) is 30.0 Å². The van der Waals surface area contributed by atoms with Crippen LogP contribution in [0.1, 0.15) is 57.3 Å². The van der Waals surface area contributed by atoms with Gasteiger partial charge in [-0.05, 0) is 69.7 Å². The summed E-state index contributed by atoms with van der Waals surface area (Å²) < 4.78 is 18.5. The van der Waals surface area contributed by atoms with E-state index >= 15 is 0 Å². The van der Waals surface area contributed by atoms with Gasteiger partial charge in [0.1, 0.15) is 11.4 Å². The van der Waals surface area contributed by atoms with Crippen LogP contribution in [0.3, 0.4) is 0 Å². The summed E-state index contributed by atoms with van der Waals surface area (Å²) in [4.78, 5) is 32.0. The quantitative estimate of drug-likeness (QED) is 0.194. The van der Waals surface area contributed by atoms with Crippen molar-refractivity contribution in [2.75, 3.05) is 18.5 Å². The van der Waals surface area contributed by atoms with Gasteiger partial charge < -0.3 is 24.6 Å². The second-order valence-electron chi connectivity index (χ2n) is 10.7. The Kier molecular flexibility index (Phi) is 9.83. The zero-order valence-corrected chi connectivity index (χ0v) is 25.0. The highest BCUT2D eigenvalue weighted by molar-refractivity contribution is 9.10. The van der Waals surface area contributed by atoms with Gasteiger partial charge in [0.2, 0.25) is 5.90 Å². The van der Waals surface area contributed by atoms with Gasteiger partial charge in [0, 0.05) is 40.7 Å². The van der Waals surface area contributed by atoms with Crippen molar-refractivity contribution in [3.63, 3.8) is 0 Å². The Bertz CT molecular complexity index is 1370. The number of ether oxygens (including phenoxy) is 3. The van der Waals surface area contributed by atoms with Crippen LogP contribution >= 0.6 is 15.9 Å². The molecule has 0 fully saturated rings. The topological polar surface area (TPSA) is 106 Å². The van der Waals surface area contributed by atoms with E-state index in [-0.39, 0.29) is 25.3 Å². The third-order valence-corrected chi connectivity index (χ3v) is 7.10. The largest absolute Gasteiger partial charge is 0.494 e. The van der Waals surface area contributed by atoms with Crippen LogP contribution in [-0.4, -0.2) is 47.2 Å². The number of anilines is 1. The number of esters is 1. The molecule has 0 saturated heterocycles. The molecular weight excluding hydrogens is 588 g/mol. The third-order valence-electron chi connectivity index (χ3n) is 6.38. The van der Waals surface area contributed by atoms with E-state index in [9.17, 15) is 9.59 Å². The Hall–Kier alpha value is -3.69. The summed E-state index contributed by atoms with van der Waals surface area (Å²) in [5.74, 6) is 0.0940. The molecule has 0 spiro atoms. The maximum atomic E-state index is 14.2. The predicted molar refractivity (Wildman–Crippen MR) is 161 cm³/mol. The van der Waals surface area contributed by atoms with E-state index in [2.05, 4.69) is 21.2 Å². The molecule has 41 heavy (non-hydrogen) atoms. The average molecular weight is 624 g/mol. The molecule has 3 aromatic carbocycles. The van der Waals surface area contributed by atoms with E-state index in [4.69, 9.17) is 24.3 Å². The van der Waals surface area contributed by atoms with Crippen molar-refractivity contribution in [1.82, 2.24) is 0 Å². The molecule has 0 unspecified atom stereocenters. The Balaban J connectivity index is 1.75. The minimum Gasteiger partial charge on any atom is -0.494 e. The lowest BCUT2D eigenvalue weighted by molar-refractivity contribution is -0.155. The van der Waals surface area contributed by atoms with Gasteiger partial charge in [-0.2, -0.15) is 0 Å². The second kappa shape index (κ2) is 13.3. The molecule has 2 N–H and O–H groups in total. The molecule has 216 valence electrons. The summed E-state index contributed by atoms with van der Waals surface area (Å²) in [6, 6.07) is 23.8. The SMILES string of the molecule is CC(C)(C)OC(=O)CC[C@@]1(C(=O)Nc2ccccc2)N=C(c2ccc(OCCCO)cc2)O[C@@H]1c1ccccc1Br. The molecule has 1 amide bonds. The van der Waals surface area contributed by atoms with Crippen LogP contribution in [0, 0.1) is 0 Å². The van der Waals surface area contributed by atoms with Crippen LogP contribution in [0.4, 0.5) is 5.69 Å². The van der Waals surface area contributed by atoms with Crippen molar-refractivity contribution in [3.8, 4) is 5.75 Å². The molecule has 8 nitrogen and oxygen atoms in total. The molecule has 0 aromatic heterocycles. The highest BCUT2D eigenvalue weighted by Crippen LogP contribution is 2.45. The van der Waals surface area contributed by atoms with E-state index < -0.39 is 29.1 Å². The van der Waals surface area contributed by atoms with Crippen LogP contribution in [0.2, 0.25) is 0 Å². The maximum absolute atomic E-state index is 14.2. The molecule has 1 heterocycles. The highest BCUT2D eigenvalue weighted by Gasteiger charge is 2.54. The van der Waals surface area contributed by atoms with Gasteiger partial charge in [0.15, 0.2) is 11.6 Å². The number of amides is 1. The van der Waals surface area contributed by atoms with Crippen LogP contribution in [-0.2, 0) is 19.1 Å². The number of halogens is 1. The predicted octanol–water partition coefficient (Wildman–Crippen LogP) is 6.23. The number of aliphatic imine (C=N–C) groups is 1. The summed E-state index contributed by atoms with van der Waals surface area (Å²) >= 11 is 3.62. The van der Waals surface area contributed by atoms with Gasteiger partial charge in [-0.3, -0.25) is 9.59 Å². The first-order valence-corrected chi connectivity index (χ1v) is 14.3. The van der Waals surface area contributed by atoms with Crippen LogP contribution in [0.25, 0.3) is 0 Å². The van der Waals surface area contributed by atoms with Crippen LogP contribution in [0.15, 0.2) is 88.3 Å². The number of aliphatic hydroxyl groups excluding tert-OH is 1. The fraction of sp³-hybridized carbons (Fsp3) is 0.344. The first-order chi connectivity index (χ1) is 19.6. The Morgan fingerprint density at radius 1 is 1.02 bits per heavy atom. The summed E-state index contributed by atoms with van der Waals surface area (Å²) in [7, 11) is 0. The molecule has 4 rings (SSSR count). The number of benzene rings is 3. The second-order valence-corrected chi connectivity index (χ2v) is 11.6. The normalized spacial score (nSPS) is 18.3. The molecule has 0 aliphatic carbocycles. The van der Waals surface area contributed by atoms with Crippen molar-refractivity contribution in [2.24, 2.45) is 4.99 Å². The fourth-order valence-electron chi connectivity index (χ4n) is 4.48. The number of nitrogens with one attached hydrogen (secondary N) is 1. The zero-order valence-electron chi connectivity index (χ0n) is 23.4. The maximum Gasteiger partial charge on any atom is 0.306 e. The van der Waals surface area contributed by atoms with Crippen molar-refractivity contribution < 1.29 is 28.9 Å². The van der Waals surface area contributed by atoms with E-state index in [1.807, 2.05) is 54.6 Å². The lowest BCUT2D eigenvalue weighted by Gasteiger charge is -2.31. The number of hydrogen-bond acceptors (Lipinski definition) is 7. The monoisotopic (exact) mass is 622 g/mol. The van der Waals surface area contributed by atoms with Gasteiger partial charge in [-0.15, -0.1) is 0 Å². The first-order valence-electron chi connectivity index (χ1n) is 13.5. The Morgan fingerprint density at radius 2 is 1.71 bits per heavy atom. The molecule has 0 bridgehead atoms. The van der Waals surface area contributed by atoms with Crippen molar-refractivity contribution in [1.29, 1.82) is 0 Å². The van der Waals surface area contributed by atoms with E-state index in [1.165, 1.54) is 0 Å². The number of carbonyl (C=O) groups is 2. The smallest absolute Gasteiger partial charge is 0.306 e. The lowest BCUT2D eigenvalue weighted by atomic mass is 9.83. The minimum atomic E-state index is -1.48. The number of aliphatic hydroxyl groups is 1. The van der Waals surface area contributed by atoms with Crippen molar-refractivity contribution in [3.05, 3.63) is 94.5 Å². The third kappa shape index (κ3) is 7.74. The van der Waals surface area contributed by atoms with Gasteiger partial charge in [-0.1, -0.05) is 52.3 Å². The number of nitrogens with zero attached hydrogens (tertiary/aromatic N) is 1. The van der Waals surface area contributed by atoms with Crippen LogP contribution < -0.4 is 10.1 Å². The summed E-state index contributed by atoms with van der Waals surface area (Å²) in [6.45, 7) is 5.86. The highest BCUT2D eigenvalue weighted by atomic mass is 79.9. The molecule has 0 saturated carbocycles. The Labute approximate surface area is 248 Å². The van der Waals surface area contributed by atoms with E-state index in [0.717, 1.165) is 10.0 Å². The number of hydrogen-bond donors (Lipinski definition) is 2. The van der Waals surface area contributed by atoms with E-state index in [1.54, 1.807) is 45.0 Å². The molecule has 1 aliphatic heterocycles. The summed E-state index contributed by atoms with van der Waals surface area (Å²) in [5.41, 5.74) is -0.165. The minimum absolute atomic E-state index is 0.0434. The number of carbonyl (C=O) groups excluding carboxylic acids is 2. The Morgan fingerprint density at radius 3 is 2.37 bits per heavy atom. The first kappa shape index (κ1) is 30.3. The molecule has 1 aliphatic rings. The average Bonchev–Trinajstić information content (AvgIpc) is 3.33. The number of rotatable bonds is 11. The molecular formula is C32H35BrN2O6. The lowest BCUT2D eigenvalue weighted by Crippen LogP contribution is -2.45. The van der Waals surface area contributed by atoms with Gasteiger partial charge in [0.05, 0.1) is 6.61 Å². The summed E-state index contributed by atoms with van der Waals surface area (Å²) in [5, 5.41) is 12.0. The molecule has 2 atom stereocenters. The van der Waals surface area contributed by atoms with Gasteiger partial charge in [0.25, 0.3) is 5.91 Å². The van der Waals surface area contributed by atoms with Crippen LogP contribution in [0.5, 0.6) is 5.75 Å².